The molecule has 98 valence electrons. The molecule has 19 heavy (non-hydrogen) atoms. The SMILES string of the molecule is C=C=C(C(O)c1cccc2ccccc12)[Si](C)(C)C. The van der Waals surface area contributed by atoms with Crippen LogP contribution in [0.5, 0.6) is 0 Å². The topological polar surface area (TPSA) is 20.2 Å². The first-order chi connectivity index (χ1) is 8.95. The first-order valence-electron chi connectivity index (χ1n) is 6.51. The van der Waals surface area contributed by atoms with Gasteiger partial charge in [-0.15, -0.1) is 5.73 Å². The summed E-state index contributed by atoms with van der Waals surface area (Å²) in [5.74, 6) is 0. The molecule has 0 aliphatic heterocycles. The highest BCUT2D eigenvalue weighted by Crippen LogP contribution is 2.32. The fourth-order valence-electron chi connectivity index (χ4n) is 2.42. The summed E-state index contributed by atoms with van der Waals surface area (Å²) in [6.45, 7) is 10.4. The van der Waals surface area contributed by atoms with Crippen LogP contribution in [0.1, 0.15) is 11.7 Å². The maximum Gasteiger partial charge on any atom is 0.104 e. The van der Waals surface area contributed by atoms with Crippen LogP contribution < -0.4 is 0 Å². The summed E-state index contributed by atoms with van der Waals surface area (Å²) in [7, 11) is -1.63. The van der Waals surface area contributed by atoms with E-state index in [0.717, 1.165) is 21.5 Å². The van der Waals surface area contributed by atoms with Crippen LogP contribution >= 0.6 is 0 Å². The van der Waals surface area contributed by atoms with E-state index in [9.17, 15) is 5.11 Å². The zero-order valence-electron chi connectivity index (χ0n) is 11.8. The molecule has 1 unspecified atom stereocenters. The maximum atomic E-state index is 10.7. The summed E-state index contributed by atoms with van der Waals surface area (Å²) >= 11 is 0. The van der Waals surface area contributed by atoms with Gasteiger partial charge in [0, 0.05) is 0 Å². The molecule has 2 aromatic rings. The standard InChI is InChI=1S/C17H20OSi/c1-5-16(19(2,3)4)17(18)15-12-8-10-13-9-6-7-11-14(13)15/h6-12,17-18H,1H2,2-4H3. The predicted octanol–water partition coefficient (Wildman–Crippen LogP) is 4.46. The molecule has 1 nitrogen and oxygen atoms in total. The van der Waals surface area contributed by atoms with Gasteiger partial charge in [0.05, 0.1) is 8.07 Å². The van der Waals surface area contributed by atoms with Gasteiger partial charge in [0.1, 0.15) is 6.10 Å². The van der Waals surface area contributed by atoms with Crippen molar-refractivity contribution < 1.29 is 5.11 Å². The number of benzene rings is 2. The Balaban J connectivity index is 2.59. The molecule has 0 aliphatic rings. The quantitative estimate of drug-likeness (QED) is 0.643. The van der Waals surface area contributed by atoms with Crippen LogP contribution in [0.25, 0.3) is 10.8 Å². The van der Waals surface area contributed by atoms with E-state index in [2.05, 4.69) is 50.2 Å². The van der Waals surface area contributed by atoms with Crippen LogP contribution in [0.2, 0.25) is 19.6 Å². The zero-order valence-corrected chi connectivity index (χ0v) is 12.8. The van der Waals surface area contributed by atoms with Gasteiger partial charge in [0.2, 0.25) is 0 Å². The zero-order chi connectivity index (χ0) is 14.0. The Labute approximate surface area is 115 Å². The molecule has 2 aromatic carbocycles. The predicted molar refractivity (Wildman–Crippen MR) is 84.9 cm³/mol. The number of aliphatic hydroxyl groups is 1. The Morgan fingerprint density at radius 3 is 2.37 bits per heavy atom. The van der Waals surface area contributed by atoms with Gasteiger partial charge in [0.15, 0.2) is 0 Å². The molecule has 0 aliphatic carbocycles. The third-order valence-corrected chi connectivity index (χ3v) is 5.46. The van der Waals surface area contributed by atoms with Crippen LogP contribution in [0.4, 0.5) is 0 Å². The Bertz CT molecular complexity index is 640. The fraction of sp³-hybridized carbons (Fsp3) is 0.235. The van der Waals surface area contributed by atoms with E-state index in [4.69, 9.17) is 0 Å². The van der Waals surface area contributed by atoms with Crippen LogP contribution in [0.3, 0.4) is 0 Å². The largest absolute Gasteiger partial charge is 0.384 e. The van der Waals surface area contributed by atoms with Crippen LogP contribution in [-0.4, -0.2) is 13.2 Å². The Hall–Kier alpha value is -1.60. The van der Waals surface area contributed by atoms with Gasteiger partial charge >= 0.3 is 0 Å². The molecule has 0 bridgehead atoms. The number of rotatable bonds is 3. The van der Waals surface area contributed by atoms with Gasteiger partial charge in [0.25, 0.3) is 0 Å². The average molecular weight is 268 g/mol. The first-order valence-corrected chi connectivity index (χ1v) is 10.0. The van der Waals surface area contributed by atoms with E-state index in [1.54, 1.807) is 0 Å². The molecule has 2 rings (SSSR count). The fourth-order valence-corrected chi connectivity index (χ4v) is 3.92. The molecule has 0 heterocycles. The van der Waals surface area contributed by atoms with Crippen molar-refractivity contribution >= 4 is 18.8 Å². The minimum Gasteiger partial charge on any atom is -0.384 e. The van der Waals surface area contributed by atoms with Gasteiger partial charge < -0.3 is 5.11 Å². The van der Waals surface area contributed by atoms with Crippen LogP contribution in [0.15, 0.2) is 60.0 Å². The van der Waals surface area contributed by atoms with Gasteiger partial charge in [-0.1, -0.05) is 68.7 Å². The minimum absolute atomic E-state index is 0.602. The maximum absolute atomic E-state index is 10.7. The normalized spacial score (nSPS) is 13.1. The number of hydrogen-bond acceptors (Lipinski definition) is 1. The lowest BCUT2D eigenvalue weighted by Gasteiger charge is -2.25. The highest BCUT2D eigenvalue weighted by molar-refractivity contribution is 6.83. The Kier molecular flexibility index (Phi) is 3.77. The van der Waals surface area contributed by atoms with Crippen molar-refractivity contribution in [1.29, 1.82) is 0 Å². The first kappa shape index (κ1) is 13.8. The third kappa shape index (κ3) is 2.71. The second kappa shape index (κ2) is 5.18. The summed E-state index contributed by atoms with van der Waals surface area (Å²) in [5, 5.41) is 13.9. The van der Waals surface area contributed by atoms with E-state index < -0.39 is 14.2 Å². The van der Waals surface area contributed by atoms with E-state index in [-0.39, 0.29) is 0 Å². The second-order valence-electron chi connectivity index (χ2n) is 5.81. The molecule has 0 saturated carbocycles. The van der Waals surface area contributed by atoms with Crippen molar-refractivity contribution in [1.82, 2.24) is 0 Å². The van der Waals surface area contributed by atoms with Crippen LogP contribution in [-0.2, 0) is 0 Å². The number of aliphatic hydroxyl groups excluding tert-OH is 1. The van der Waals surface area contributed by atoms with Gasteiger partial charge in [-0.25, -0.2) is 0 Å². The minimum atomic E-state index is -1.63. The van der Waals surface area contributed by atoms with Crippen molar-refractivity contribution in [3.63, 3.8) is 0 Å². The molecule has 0 aromatic heterocycles. The van der Waals surface area contributed by atoms with Crippen molar-refractivity contribution in [3.05, 3.63) is 65.5 Å². The molecule has 2 heteroatoms. The monoisotopic (exact) mass is 268 g/mol. The van der Waals surface area contributed by atoms with Gasteiger partial charge in [-0.3, -0.25) is 0 Å². The second-order valence-corrected chi connectivity index (χ2v) is 10.9. The lowest BCUT2D eigenvalue weighted by Crippen LogP contribution is -2.27. The molecule has 1 atom stereocenters. The van der Waals surface area contributed by atoms with E-state index in [1.165, 1.54) is 0 Å². The molecule has 0 amide bonds. The third-order valence-electron chi connectivity index (χ3n) is 3.39. The number of hydrogen-bond donors (Lipinski definition) is 1. The highest BCUT2D eigenvalue weighted by atomic mass is 28.3. The summed E-state index contributed by atoms with van der Waals surface area (Å²) in [6, 6.07) is 14.2. The van der Waals surface area contributed by atoms with Crippen molar-refractivity contribution in [3.8, 4) is 0 Å². The molecule has 1 N–H and O–H groups in total. The lowest BCUT2D eigenvalue weighted by atomic mass is 10.0. The van der Waals surface area contributed by atoms with E-state index in [1.807, 2.05) is 24.3 Å². The Morgan fingerprint density at radius 2 is 1.74 bits per heavy atom. The average Bonchev–Trinajstić information content (AvgIpc) is 2.37. The molecule has 0 fully saturated rings. The molecule has 0 saturated heterocycles. The molecular weight excluding hydrogens is 248 g/mol. The molecular formula is C17H20OSi. The summed E-state index contributed by atoms with van der Waals surface area (Å²) in [5.41, 5.74) is 3.93. The van der Waals surface area contributed by atoms with E-state index >= 15 is 0 Å². The number of fused-ring (bicyclic) bond motifs is 1. The highest BCUT2D eigenvalue weighted by Gasteiger charge is 2.27. The molecule has 0 spiro atoms. The smallest absolute Gasteiger partial charge is 0.104 e. The lowest BCUT2D eigenvalue weighted by molar-refractivity contribution is 0.224. The summed E-state index contributed by atoms with van der Waals surface area (Å²) in [4.78, 5) is 0. The molecule has 0 radical (unpaired) electrons. The summed E-state index contributed by atoms with van der Waals surface area (Å²) < 4.78 is 0. The van der Waals surface area contributed by atoms with Crippen LogP contribution in [0, 0.1) is 0 Å². The van der Waals surface area contributed by atoms with Crippen molar-refractivity contribution in [2.45, 2.75) is 25.7 Å². The van der Waals surface area contributed by atoms with Crippen molar-refractivity contribution in [2.75, 3.05) is 0 Å². The summed E-state index contributed by atoms with van der Waals surface area (Å²) in [6.07, 6.45) is -0.602. The van der Waals surface area contributed by atoms with Gasteiger partial charge in [-0.05, 0) is 21.5 Å². The van der Waals surface area contributed by atoms with Crippen molar-refractivity contribution in [2.24, 2.45) is 0 Å². The Morgan fingerprint density at radius 1 is 1.11 bits per heavy atom. The van der Waals surface area contributed by atoms with Gasteiger partial charge in [-0.2, -0.15) is 0 Å². The van der Waals surface area contributed by atoms with E-state index in [0.29, 0.717) is 0 Å².